The molecule has 2 heterocycles. The Kier molecular flexibility index (Phi) is 5.63. The second kappa shape index (κ2) is 7.50. The third kappa shape index (κ3) is 4.34. The van der Waals surface area contributed by atoms with Crippen LogP contribution in [0.3, 0.4) is 0 Å². The second-order valence-corrected chi connectivity index (χ2v) is 9.64. The summed E-state index contributed by atoms with van der Waals surface area (Å²) in [6, 6.07) is 6.69. The first-order chi connectivity index (χ1) is 12.6. The van der Waals surface area contributed by atoms with Crippen LogP contribution in [0.2, 0.25) is 0 Å². The standard InChI is InChI=1S/C19H29N3O4S/c1-13-5-7-16(8-6-13)27(24,25)26-22(4)12-11-14(2)17-9-10-18(20-15(3)23)21-19(17)22/h5-8,14,17-19,21H,9-12H2,1-4H3/p+1. The zero-order chi connectivity index (χ0) is 19.8. The van der Waals surface area contributed by atoms with Crippen LogP contribution in [0.15, 0.2) is 29.2 Å². The number of aryl methyl sites for hydroxylation is 1. The fourth-order valence-electron chi connectivity index (χ4n) is 4.32. The van der Waals surface area contributed by atoms with Gasteiger partial charge in [-0.05, 0) is 37.8 Å². The number of carbonyl (C=O) groups is 1. The molecule has 1 amide bonds. The number of benzene rings is 1. The highest BCUT2D eigenvalue weighted by atomic mass is 32.2. The van der Waals surface area contributed by atoms with Gasteiger partial charge in [-0.1, -0.05) is 28.9 Å². The number of quaternary nitrogens is 1. The summed E-state index contributed by atoms with van der Waals surface area (Å²) < 4.78 is 31.5. The third-order valence-corrected chi connectivity index (χ3v) is 7.26. The molecule has 0 aliphatic carbocycles. The van der Waals surface area contributed by atoms with E-state index >= 15 is 0 Å². The van der Waals surface area contributed by atoms with Crippen molar-refractivity contribution in [2.45, 2.75) is 57.3 Å². The van der Waals surface area contributed by atoms with Crippen LogP contribution in [0, 0.1) is 18.8 Å². The molecule has 2 saturated heterocycles. The summed E-state index contributed by atoms with van der Waals surface area (Å²) in [7, 11) is -2.08. The lowest BCUT2D eigenvalue weighted by atomic mass is 9.78. The molecule has 8 heteroatoms. The van der Waals surface area contributed by atoms with E-state index in [0.717, 1.165) is 24.8 Å². The van der Waals surface area contributed by atoms with Crippen molar-refractivity contribution in [2.24, 2.45) is 11.8 Å². The van der Waals surface area contributed by atoms with Crippen LogP contribution in [0.25, 0.3) is 0 Å². The zero-order valence-corrected chi connectivity index (χ0v) is 17.3. The molecule has 3 rings (SSSR count). The number of amides is 1. The summed E-state index contributed by atoms with van der Waals surface area (Å²) in [5.41, 5.74) is 0.994. The van der Waals surface area contributed by atoms with Gasteiger partial charge in [0.2, 0.25) is 5.91 Å². The highest BCUT2D eigenvalue weighted by Crippen LogP contribution is 2.39. The Morgan fingerprint density at radius 3 is 2.52 bits per heavy atom. The van der Waals surface area contributed by atoms with Gasteiger partial charge in [0.1, 0.15) is 13.6 Å². The van der Waals surface area contributed by atoms with Crippen LogP contribution < -0.4 is 10.6 Å². The average molecular weight is 397 g/mol. The fraction of sp³-hybridized carbons (Fsp3) is 0.632. The van der Waals surface area contributed by atoms with Gasteiger partial charge in [0.05, 0.1) is 11.1 Å². The average Bonchev–Trinajstić information content (AvgIpc) is 2.58. The van der Waals surface area contributed by atoms with Crippen molar-refractivity contribution in [1.29, 1.82) is 0 Å². The predicted octanol–water partition coefficient (Wildman–Crippen LogP) is 1.89. The van der Waals surface area contributed by atoms with E-state index in [2.05, 4.69) is 17.6 Å². The lowest BCUT2D eigenvalue weighted by Crippen LogP contribution is -2.71. The number of rotatable bonds is 4. The predicted molar refractivity (Wildman–Crippen MR) is 102 cm³/mol. The topological polar surface area (TPSA) is 84.5 Å². The van der Waals surface area contributed by atoms with Gasteiger partial charge in [-0.2, -0.15) is 8.42 Å². The molecule has 1 aromatic rings. The maximum absolute atomic E-state index is 12.9. The number of hydrogen-bond donors (Lipinski definition) is 2. The Balaban J connectivity index is 1.85. The monoisotopic (exact) mass is 396 g/mol. The highest BCUT2D eigenvalue weighted by Gasteiger charge is 2.52. The SMILES string of the molecule is CC(=O)NC1CCC2C(C)CC[N+](C)(OS(=O)(=O)c3ccc(C)cc3)C2N1. The Bertz CT molecular complexity index is 796. The van der Waals surface area contributed by atoms with Crippen molar-refractivity contribution in [2.75, 3.05) is 13.6 Å². The molecule has 27 heavy (non-hydrogen) atoms. The van der Waals surface area contributed by atoms with Crippen molar-refractivity contribution in [1.82, 2.24) is 10.6 Å². The van der Waals surface area contributed by atoms with Gasteiger partial charge in [0, 0.05) is 19.3 Å². The van der Waals surface area contributed by atoms with Crippen LogP contribution in [-0.4, -0.2) is 44.9 Å². The molecule has 0 radical (unpaired) electrons. The van der Waals surface area contributed by atoms with Gasteiger partial charge >= 0.3 is 10.1 Å². The van der Waals surface area contributed by atoms with E-state index in [9.17, 15) is 13.2 Å². The molecule has 0 aromatic heterocycles. The molecule has 5 atom stereocenters. The van der Waals surface area contributed by atoms with Gasteiger partial charge in [0.25, 0.3) is 0 Å². The summed E-state index contributed by atoms with van der Waals surface area (Å²) in [5.74, 6) is 0.664. The molecule has 0 bridgehead atoms. The van der Waals surface area contributed by atoms with E-state index in [1.165, 1.54) is 6.92 Å². The third-order valence-electron chi connectivity index (χ3n) is 5.87. The summed E-state index contributed by atoms with van der Waals surface area (Å²) in [4.78, 5) is 11.6. The molecule has 0 spiro atoms. The van der Waals surface area contributed by atoms with Gasteiger partial charge in [-0.15, -0.1) is 4.65 Å². The van der Waals surface area contributed by atoms with Crippen LogP contribution in [0.4, 0.5) is 0 Å². The van der Waals surface area contributed by atoms with Gasteiger partial charge < -0.3 is 5.32 Å². The molecule has 2 aliphatic heterocycles. The van der Waals surface area contributed by atoms with Crippen molar-refractivity contribution in [3.8, 4) is 0 Å². The number of nitrogens with one attached hydrogen (secondary N) is 2. The molecule has 2 fully saturated rings. The minimum Gasteiger partial charge on any atom is -0.341 e. The number of likely N-dealkylation sites (tertiary alicyclic amines) is 1. The van der Waals surface area contributed by atoms with Crippen LogP contribution in [-0.2, 0) is 19.2 Å². The first-order valence-electron chi connectivity index (χ1n) is 9.52. The minimum atomic E-state index is -3.90. The zero-order valence-electron chi connectivity index (χ0n) is 16.4. The Morgan fingerprint density at radius 2 is 1.89 bits per heavy atom. The van der Waals surface area contributed by atoms with E-state index in [4.69, 9.17) is 4.28 Å². The molecule has 150 valence electrons. The Morgan fingerprint density at radius 1 is 1.22 bits per heavy atom. The Labute approximate surface area is 161 Å². The van der Waals surface area contributed by atoms with Gasteiger partial charge in [-0.3, -0.25) is 4.79 Å². The second-order valence-electron chi connectivity index (χ2n) is 8.11. The van der Waals surface area contributed by atoms with Crippen LogP contribution in [0.1, 0.15) is 38.7 Å². The number of piperidine rings is 2. The summed E-state index contributed by atoms with van der Waals surface area (Å²) in [6.45, 7) is 6.20. The summed E-state index contributed by atoms with van der Waals surface area (Å²) >= 11 is 0. The lowest BCUT2D eigenvalue weighted by Gasteiger charge is -2.50. The van der Waals surface area contributed by atoms with Crippen molar-refractivity contribution < 1.29 is 22.1 Å². The molecule has 0 saturated carbocycles. The first-order valence-corrected chi connectivity index (χ1v) is 10.9. The van der Waals surface area contributed by atoms with E-state index in [0.29, 0.717) is 18.4 Å². The number of fused-ring (bicyclic) bond motifs is 1. The number of nitrogens with zero attached hydrogens (tertiary/aromatic N) is 1. The molecule has 2 aliphatic rings. The molecule has 2 N–H and O–H groups in total. The molecule has 1 aromatic carbocycles. The van der Waals surface area contributed by atoms with Gasteiger partial charge in [0.15, 0.2) is 6.17 Å². The Hall–Kier alpha value is -1.48. The van der Waals surface area contributed by atoms with Gasteiger partial charge in [-0.25, -0.2) is 5.32 Å². The molecule has 7 nitrogen and oxygen atoms in total. The molecular formula is C19H30N3O4S+. The number of carbonyl (C=O) groups excluding carboxylic acids is 1. The first kappa shape index (κ1) is 20.3. The van der Waals surface area contributed by atoms with Crippen molar-refractivity contribution >= 4 is 16.0 Å². The van der Waals surface area contributed by atoms with E-state index in [1.807, 2.05) is 14.0 Å². The normalized spacial score (nSPS) is 33.9. The van der Waals surface area contributed by atoms with E-state index in [1.54, 1.807) is 24.3 Å². The maximum Gasteiger partial charge on any atom is 0.342 e. The molecule has 5 unspecified atom stereocenters. The smallest absolute Gasteiger partial charge is 0.341 e. The minimum absolute atomic E-state index is 0.0543. The fourth-order valence-corrected chi connectivity index (χ4v) is 5.49. The van der Waals surface area contributed by atoms with E-state index in [-0.39, 0.29) is 27.8 Å². The van der Waals surface area contributed by atoms with Crippen molar-refractivity contribution in [3.05, 3.63) is 29.8 Å². The number of hydrogen-bond acceptors (Lipinski definition) is 5. The number of hydroxylamine groups is 3. The summed E-state index contributed by atoms with van der Waals surface area (Å²) in [6.07, 6.45) is 2.28. The molecular weight excluding hydrogens is 366 g/mol. The van der Waals surface area contributed by atoms with Crippen LogP contribution >= 0.6 is 0 Å². The maximum atomic E-state index is 12.9. The lowest BCUT2D eigenvalue weighted by molar-refractivity contribution is -1.09. The largest absolute Gasteiger partial charge is 0.342 e. The summed E-state index contributed by atoms with van der Waals surface area (Å²) in [5, 5.41) is 6.34. The van der Waals surface area contributed by atoms with Crippen molar-refractivity contribution in [3.63, 3.8) is 0 Å². The van der Waals surface area contributed by atoms with Crippen LogP contribution in [0.5, 0.6) is 0 Å². The highest BCUT2D eigenvalue weighted by molar-refractivity contribution is 7.86. The van der Waals surface area contributed by atoms with E-state index < -0.39 is 10.1 Å². The quantitative estimate of drug-likeness (QED) is 0.760.